The lowest BCUT2D eigenvalue weighted by Crippen LogP contribution is -2.28. The Morgan fingerprint density at radius 1 is 1.50 bits per heavy atom. The van der Waals surface area contributed by atoms with Gasteiger partial charge in [-0.25, -0.2) is 0 Å². The molecule has 1 aromatic rings. The van der Waals surface area contributed by atoms with Crippen molar-refractivity contribution in [2.45, 2.75) is 18.8 Å². The second-order valence-electron chi connectivity index (χ2n) is 4.25. The van der Waals surface area contributed by atoms with Crippen molar-refractivity contribution in [1.82, 2.24) is 10.6 Å². The van der Waals surface area contributed by atoms with Crippen molar-refractivity contribution in [3.63, 3.8) is 0 Å². The van der Waals surface area contributed by atoms with Crippen LogP contribution in [0, 0.1) is 0 Å². The van der Waals surface area contributed by atoms with E-state index in [4.69, 9.17) is 0 Å². The highest BCUT2D eigenvalue weighted by atomic mass is 16.1. The molecule has 0 saturated carbocycles. The molecular weight excluding hydrogens is 200 g/mol. The highest BCUT2D eigenvalue weighted by Crippen LogP contribution is 2.23. The molecule has 0 aromatic heterocycles. The van der Waals surface area contributed by atoms with Gasteiger partial charge in [-0.2, -0.15) is 0 Å². The van der Waals surface area contributed by atoms with E-state index in [0.29, 0.717) is 5.92 Å². The molecule has 1 atom stereocenters. The molecule has 86 valence electrons. The van der Waals surface area contributed by atoms with E-state index in [0.717, 1.165) is 18.7 Å². The zero-order valence-electron chi connectivity index (χ0n) is 9.62. The molecule has 1 amide bonds. The van der Waals surface area contributed by atoms with Gasteiger partial charge < -0.3 is 10.6 Å². The van der Waals surface area contributed by atoms with E-state index in [1.54, 1.807) is 7.05 Å². The van der Waals surface area contributed by atoms with Crippen molar-refractivity contribution in [3.8, 4) is 0 Å². The monoisotopic (exact) mass is 218 g/mol. The minimum Gasteiger partial charge on any atom is -0.355 e. The average Bonchev–Trinajstić information content (AvgIpc) is 2.39. The SMILES string of the molecule is CNC(=O)c1cccc([C@H]2CCCNC2)c1. The second kappa shape index (κ2) is 5.12. The van der Waals surface area contributed by atoms with Crippen LogP contribution in [0.1, 0.15) is 34.7 Å². The molecule has 0 bridgehead atoms. The number of rotatable bonds is 2. The second-order valence-corrected chi connectivity index (χ2v) is 4.25. The van der Waals surface area contributed by atoms with Crippen LogP contribution in [0.25, 0.3) is 0 Å². The fraction of sp³-hybridized carbons (Fsp3) is 0.462. The Balaban J connectivity index is 2.17. The fourth-order valence-electron chi connectivity index (χ4n) is 2.21. The van der Waals surface area contributed by atoms with Gasteiger partial charge in [0.25, 0.3) is 5.91 Å². The number of carbonyl (C=O) groups excluding carboxylic acids is 1. The fourth-order valence-corrected chi connectivity index (χ4v) is 2.21. The van der Waals surface area contributed by atoms with E-state index >= 15 is 0 Å². The molecule has 2 rings (SSSR count). The number of carbonyl (C=O) groups is 1. The van der Waals surface area contributed by atoms with Crippen LogP contribution >= 0.6 is 0 Å². The number of hydrogen-bond acceptors (Lipinski definition) is 2. The van der Waals surface area contributed by atoms with Gasteiger partial charge in [-0.3, -0.25) is 4.79 Å². The van der Waals surface area contributed by atoms with E-state index in [2.05, 4.69) is 16.7 Å². The lowest BCUT2D eigenvalue weighted by Gasteiger charge is -2.23. The Hall–Kier alpha value is -1.35. The van der Waals surface area contributed by atoms with Crippen LogP contribution < -0.4 is 10.6 Å². The molecule has 0 unspecified atom stereocenters. The van der Waals surface area contributed by atoms with Gasteiger partial charge in [-0.05, 0) is 43.0 Å². The van der Waals surface area contributed by atoms with Gasteiger partial charge in [0.05, 0.1) is 0 Å². The third kappa shape index (κ3) is 2.42. The highest BCUT2D eigenvalue weighted by molar-refractivity contribution is 5.94. The summed E-state index contributed by atoms with van der Waals surface area (Å²) in [6.07, 6.45) is 2.43. The van der Waals surface area contributed by atoms with Crippen molar-refractivity contribution >= 4 is 5.91 Å². The molecule has 0 aliphatic carbocycles. The van der Waals surface area contributed by atoms with Gasteiger partial charge in [-0.1, -0.05) is 12.1 Å². The van der Waals surface area contributed by atoms with Gasteiger partial charge in [0, 0.05) is 19.2 Å². The van der Waals surface area contributed by atoms with Crippen molar-refractivity contribution in [1.29, 1.82) is 0 Å². The highest BCUT2D eigenvalue weighted by Gasteiger charge is 2.15. The molecule has 0 radical (unpaired) electrons. The summed E-state index contributed by atoms with van der Waals surface area (Å²) in [5, 5.41) is 6.05. The first kappa shape index (κ1) is 11.1. The van der Waals surface area contributed by atoms with E-state index in [1.165, 1.54) is 18.4 Å². The summed E-state index contributed by atoms with van der Waals surface area (Å²) in [5.74, 6) is 0.545. The Morgan fingerprint density at radius 3 is 3.06 bits per heavy atom. The smallest absolute Gasteiger partial charge is 0.251 e. The summed E-state index contributed by atoms with van der Waals surface area (Å²) >= 11 is 0. The van der Waals surface area contributed by atoms with Gasteiger partial charge in [0.1, 0.15) is 0 Å². The van der Waals surface area contributed by atoms with Crippen LogP contribution in [0.5, 0.6) is 0 Å². The molecule has 0 spiro atoms. The normalized spacial score (nSPS) is 20.4. The maximum atomic E-state index is 11.5. The van der Waals surface area contributed by atoms with Crippen LogP contribution in [0.3, 0.4) is 0 Å². The quantitative estimate of drug-likeness (QED) is 0.790. The maximum absolute atomic E-state index is 11.5. The van der Waals surface area contributed by atoms with E-state index in [9.17, 15) is 4.79 Å². The minimum absolute atomic E-state index is 0.00869. The van der Waals surface area contributed by atoms with E-state index < -0.39 is 0 Å². The first-order valence-electron chi connectivity index (χ1n) is 5.84. The van der Waals surface area contributed by atoms with E-state index in [-0.39, 0.29) is 5.91 Å². The van der Waals surface area contributed by atoms with Crippen LogP contribution in [-0.2, 0) is 0 Å². The minimum atomic E-state index is -0.00869. The summed E-state index contributed by atoms with van der Waals surface area (Å²) < 4.78 is 0. The Kier molecular flexibility index (Phi) is 3.57. The Morgan fingerprint density at radius 2 is 2.38 bits per heavy atom. The third-order valence-corrected chi connectivity index (χ3v) is 3.14. The topological polar surface area (TPSA) is 41.1 Å². The molecular formula is C13H18N2O. The van der Waals surface area contributed by atoms with Crippen molar-refractivity contribution in [3.05, 3.63) is 35.4 Å². The molecule has 3 heteroatoms. The van der Waals surface area contributed by atoms with Crippen LogP contribution in [0.4, 0.5) is 0 Å². The van der Waals surface area contributed by atoms with Crippen molar-refractivity contribution in [2.24, 2.45) is 0 Å². The largest absolute Gasteiger partial charge is 0.355 e. The molecule has 1 aliphatic heterocycles. The predicted octanol–water partition coefficient (Wildman–Crippen LogP) is 1.51. The molecule has 1 aliphatic rings. The van der Waals surface area contributed by atoms with Gasteiger partial charge in [0.2, 0.25) is 0 Å². The number of piperidine rings is 1. The van der Waals surface area contributed by atoms with E-state index in [1.807, 2.05) is 18.2 Å². The lowest BCUT2D eigenvalue weighted by molar-refractivity contribution is 0.0963. The maximum Gasteiger partial charge on any atom is 0.251 e. The first-order chi connectivity index (χ1) is 7.81. The summed E-state index contributed by atoms with van der Waals surface area (Å²) in [7, 11) is 1.66. The summed E-state index contributed by atoms with van der Waals surface area (Å²) in [6, 6.07) is 7.95. The molecule has 2 N–H and O–H groups in total. The average molecular weight is 218 g/mol. The number of hydrogen-bond donors (Lipinski definition) is 2. The van der Waals surface area contributed by atoms with Crippen LogP contribution in [0.15, 0.2) is 24.3 Å². The van der Waals surface area contributed by atoms with Crippen LogP contribution in [-0.4, -0.2) is 26.0 Å². The number of amides is 1. The molecule has 3 nitrogen and oxygen atoms in total. The molecule has 1 heterocycles. The van der Waals surface area contributed by atoms with Gasteiger partial charge in [-0.15, -0.1) is 0 Å². The summed E-state index contributed by atoms with van der Waals surface area (Å²) in [5.41, 5.74) is 2.03. The predicted molar refractivity (Wildman–Crippen MR) is 64.7 cm³/mol. The van der Waals surface area contributed by atoms with Crippen molar-refractivity contribution < 1.29 is 4.79 Å². The van der Waals surface area contributed by atoms with Gasteiger partial charge >= 0.3 is 0 Å². The van der Waals surface area contributed by atoms with Gasteiger partial charge in [0.15, 0.2) is 0 Å². The number of nitrogens with one attached hydrogen (secondary N) is 2. The zero-order chi connectivity index (χ0) is 11.4. The molecule has 1 fully saturated rings. The van der Waals surface area contributed by atoms with Crippen molar-refractivity contribution in [2.75, 3.05) is 20.1 Å². The Labute approximate surface area is 96.2 Å². The summed E-state index contributed by atoms with van der Waals surface area (Å²) in [6.45, 7) is 2.14. The Bertz CT molecular complexity index is 370. The molecule has 16 heavy (non-hydrogen) atoms. The first-order valence-corrected chi connectivity index (χ1v) is 5.84. The molecule has 1 saturated heterocycles. The third-order valence-electron chi connectivity index (χ3n) is 3.14. The summed E-state index contributed by atoms with van der Waals surface area (Å²) in [4.78, 5) is 11.5. The zero-order valence-corrected chi connectivity index (χ0v) is 9.62. The number of benzene rings is 1. The standard InChI is InChI=1S/C13H18N2O/c1-14-13(16)11-5-2-4-10(8-11)12-6-3-7-15-9-12/h2,4-5,8,12,15H,3,6-7,9H2,1H3,(H,14,16)/t12-/m0/s1. The lowest BCUT2D eigenvalue weighted by atomic mass is 9.90. The molecule has 1 aromatic carbocycles. The van der Waals surface area contributed by atoms with Crippen LogP contribution in [0.2, 0.25) is 0 Å².